The number of carbonyl (C=O) groups excluding carboxylic acids is 1. The number of hydrogen-bond acceptors (Lipinski definition) is 4. The SMILES string of the molecule is COCCN(c1ccc2c(c1)C(=O)CC2)S(=O)(=O)c1cccc(C(F)(F)F)c1. The van der Waals surface area contributed by atoms with Gasteiger partial charge in [-0.05, 0) is 42.3 Å². The van der Waals surface area contributed by atoms with Crippen molar-refractivity contribution in [2.24, 2.45) is 0 Å². The van der Waals surface area contributed by atoms with E-state index >= 15 is 0 Å². The van der Waals surface area contributed by atoms with Gasteiger partial charge in [0, 0.05) is 19.1 Å². The van der Waals surface area contributed by atoms with Crippen molar-refractivity contribution in [1.29, 1.82) is 0 Å². The molecule has 3 rings (SSSR count). The Balaban J connectivity index is 2.07. The van der Waals surface area contributed by atoms with E-state index < -0.39 is 26.7 Å². The molecule has 1 aliphatic carbocycles. The van der Waals surface area contributed by atoms with Gasteiger partial charge in [0.2, 0.25) is 0 Å². The lowest BCUT2D eigenvalue weighted by Gasteiger charge is -2.25. The van der Waals surface area contributed by atoms with Crippen LogP contribution in [-0.4, -0.2) is 34.5 Å². The zero-order chi connectivity index (χ0) is 20.5. The second kappa shape index (κ2) is 7.56. The van der Waals surface area contributed by atoms with Gasteiger partial charge in [-0.25, -0.2) is 8.42 Å². The Morgan fingerprint density at radius 2 is 1.86 bits per heavy atom. The smallest absolute Gasteiger partial charge is 0.383 e. The summed E-state index contributed by atoms with van der Waals surface area (Å²) in [7, 11) is -2.91. The topological polar surface area (TPSA) is 63.7 Å². The summed E-state index contributed by atoms with van der Waals surface area (Å²) >= 11 is 0. The van der Waals surface area contributed by atoms with Crippen LogP contribution in [0.15, 0.2) is 47.4 Å². The first-order chi connectivity index (χ1) is 13.1. The lowest BCUT2D eigenvalue weighted by atomic mass is 10.1. The number of Topliss-reactive ketones (excluding diaryl/α,β-unsaturated/α-hetero) is 1. The van der Waals surface area contributed by atoms with Crippen LogP contribution in [-0.2, 0) is 27.4 Å². The number of hydrogen-bond donors (Lipinski definition) is 0. The molecule has 0 saturated carbocycles. The largest absolute Gasteiger partial charge is 0.416 e. The van der Waals surface area contributed by atoms with Crippen molar-refractivity contribution in [1.82, 2.24) is 0 Å². The standard InChI is InChI=1S/C19H18F3NO4S/c1-27-10-9-23(15-7-5-13-6-8-18(24)17(13)12-15)28(25,26)16-4-2-3-14(11-16)19(20,21)22/h2-5,7,11-12H,6,8-10H2,1H3. The normalized spacial score (nSPS) is 14.2. The molecule has 0 aliphatic heterocycles. The van der Waals surface area contributed by atoms with Crippen LogP contribution in [0, 0.1) is 0 Å². The van der Waals surface area contributed by atoms with Crippen molar-refractivity contribution in [2.75, 3.05) is 24.6 Å². The molecule has 9 heteroatoms. The monoisotopic (exact) mass is 413 g/mol. The van der Waals surface area contributed by atoms with Gasteiger partial charge in [0.05, 0.1) is 29.3 Å². The highest BCUT2D eigenvalue weighted by Gasteiger charge is 2.33. The van der Waals surface area contributed by atoms with Crippen molar-refractivity contribution in [2.45, 2.75) is 23.9 Å². The van der Waals surface area contributed by atoms with Crippen molar-refractivity contribution in [3.05, 3.63) is 59.2 Å². The molecule has 0 unspecified atom stereocenters. The molecule has 0 aromatic heterocycles. The van der Waals surface area contributed by atoms with Crippen LogP contribution in [0.25, 0.3) is 0 Å². The molecule has 0 N–H and O–H groups in total. The Labute approximate surface area is 160 Å². The Morgan fingerprint density at radius 1 is 1.11 bits per heavy atom. The highest BCUT2D eigenvalue weighted by molar-refractivity contribution is 7.92. The minimum Gasteiger partial charge on any atom is -0.383 e. The molecule has 5 nitrogen and oxygen atoms in total. The lowest BCUT2D eigenvalue weighted by molar-refractivity contribution is -0.137. The molecule has 2 aromatic rings. The zero-order valence-electron chi connectivity index (χ0n) is 15.0. The van der Waals surface area contributed by atoms with Crippen LogP contribution in [0.4, 0.5) is 18.9 Å². The van der Waals surface area contributed by atoms with E-state index in [0.29, 0.717) is 24.5 Å². The van der Waals surface area contributed by atoms with Gasteiger partial charge < -0.3 is 4.74 Å². The van der Waals surface area contributed by atoms with Gasteiger partial charge in [-0.1, -0.05) is 12.1 Å². The number of benzene rings is 2. The summed E-state index contributed by atoms with van der Waals surface area (Å²) in [5.74, 6) is -0.0833. The van der Waals surface area contributed by atoms with Crippen LogP contribution in [0.1, 0.15) is 27.9 Å². The third-order valence-electron chi connectivity index (χ3n) is 4.55. The Morgan fingerprint density at radius 3 is 2.54 bits per heavy atom. The molecule has 2 aromatic carbocycles. The van der Waals surface area contributed by atoms with Crippen molar-refractivity contribution < 1.29 is 31.1 Å². The van der Waals surface area contributed by atoms with E-state index in [1.165, 1.54) is 13.2 Å². The van der Waals surface area contributed by atoms with Gasteiger partial charge in [0.1, 0.15) is 0 Å². The number of carbonyl (C=O) groups is 1. The van der Waals surface area contributed by atoms with E-state index in [-0.39, 0.29) is 24.6 Å². The second-order valence-corrected chi connectivity index (χ2v) is 8.22. The minimum atomic E-state index is -4.66. The lowest BCUT2D eigenvalue weighted by Crippen LogP contribution is -2.34. The number of methoxy groups -OCH3 is 1. The number of sulfonamides is 1. The van der Waals surface area contributed by atoms with Crippen molar-refractivity contribution in [3.63, 3.8) is 0 Å². The maximum atomic E-state index is 13.1. The molecule has 1 aliphatic rings. The van der Waals surface area contributed by atoms with Crippen LogP contribution >= 0.6 is 0 Å². The first-order valence-electron chi connectivity index (χ1n) is 8.49. The summed E-state index contributed by atoms with van der Waals surface area (Å²) in [5, 5.41) is 0. The molecule has 28 heavy (non-hydrogen) atoms. The van der Waals surface area contributed by atoms with Gasteiger partial charge in [-0.2, -0.15) is 13.2 Å². The molecular formula is C19H18F3NO4S. The van der Waals surface area contributed by atoms with Gasteiger partial charge in [-0.3, -0.25) is 9.10 Å². The molecule has 150 valence electrons. The van der Waals surface area contributed by atoms with Crippen molar-refractivity contribution >= 4 is 21.5 Å². The third-order valence-corrected chi connectivity index (χ3v) is 6.37. The molecule has 0 bridgehead atoms. The Bertz CT molecular complexity index is 1000. The third kappa shape index (κ3) is 3.90. The summed E-state index contributed by atoms with van der Waals surface area (Å²) < 4.78 is 71.2. The molecule has 0 spiro atoms. The molecule has 0 heterocycles. The number of nitrogens with zero attached hydrogens (tertiary/aromatic N) is 1. The summed E-state index contributed by atoms with van der Waals surface area (Å²) in [4.78, 5) is 11.5. The summed E-state index contributed by atoms with van der Waals surface area (Å²) in [5.41, 5.74) is 0.434. The summed E-state index contributed by atoms with van der Waals surface area (Å²) in [6.45, 7) is -0.0781. The maximum Gasteiger partial charge on any atom is 0.416 e. The van der Waals surface area contributed by atoms with E-state index in [2.05, 4.69) is 0 Å². The molecular weight excluding hydrogens is 395 g/mol. The van der Waals surface area contributed by atoms with Gasteiger partial charge in [0.15, 0.2) is 5.78 Å². The fourth-order valence-electron chi connectivity index (χ4n) is 3.10. The number of alkyl halides is 3. The summed E-state index contributed by atoms with van der Waals surface area (Å²) in [6.07, 6.45) is -3.72. The van der Waals surface area contributed by atoms with E-state index in [9.17, 15) is 26.4 Å². The average molecular weight is 413 g/mol. The van der Waals surface area contributed by atoms with Crippen LogP contribution in [0.5, 0.6) is 0 Å². The molecule has 0 fully saturated rings. The highest BCUT2D eigenvalue weighted by Crippen LogP contribution is 2.33. The number of halogens is 3. The van der Waals surface area contributed by atoms with E-state index in [4.69, 9.17) is 4.74 Å². The van der Waals surface area contributed by atoms with Crippen LogP contribution in [0.3, 0.4) is 0 Å². The first kappa shape index (κ1) is 20.3. The molecule has 0 saturated heterocycles. The zero-order valence-corrected chi connectivity index (χ0v) is 15.8. The van der Waals surface area contributed by atoms with E-state index in [0.717, 1.165) is 28.1 Å². The van der Waals surface area contributed by atoms with E-state index in [1.807, 2.05) is 0 Å². The number of anilines is 1. The molecule has 0 radical (unpaired) electrons. The van der Waals surface area contributed by atoms with Crippen LogP contribution in [0.2, 0.25) is 0 Å². The number of ketones is 1. The van der Waals surface area contributed by atoms with E-state index in [1.54, 1.807) is 12.1 Å². The molecule has 0 atom stereocenters. The fraction of sp³-hybridized carbons (Fsp3) is 0.316. The predicted molar refractivity (Wildman–Crippen MR) is 96.9 cm³/mol. The second-order valence-electron chi connectivity index (χ2n) is 6.36. The number of aryl methyl sites for hydroxylation is 1. The van der Waals surface area contributed by atoms with Gasteiger partial charge in [0.25, 0.3) is 10.0 Å². The van der Waals surface area contributed by atoms with Gasteiger partial charge >= 0.3 is 6.18 Å². The van der Waals surface area contributed by atoms with Crippen LogP contribution < -0.4 is 4.31 Å². The summed E-state index contributed by atoms with van der Waals surface area (Å²) in [6, 6.07) is 8.29. The number of fused-ring (bicyclic) bond motifs is 1. The maximum absolute atomic E-state index is 13.1. The average Bonchev–Trinajstić information content (AvgIpc) is 3.02. The first-order valence-corrected chi connectivity index (χ1v) is 9.93. The Hall–Kier alpha value is -2.39. The highest BCUT2D eigenvalue weighted by atomic mass is 32.2. The number of rotatable bonds is 6. The predicted octanol–water partition coefficient (Wildman–Crippen LogP) is 3.68. The fourth-order valence-corrected chi connectivity index (χ4v) is 4.59. The molecule has 0 amide bonds. The minimum absolute atomic E-state index is 0.0310. The number of ether oxygens (including phenoxy) is 1. The Kier molecular flexibility index (Phi) is 5.49. The van der Waals surface area contributed by atoms with Crippen molar-refractivity contribution in [3.8, 4) is 0 Å². The quantitative estimate of drug-likeness (QED) is 0.725. The van der Waals surface area contributed by atoms with Gasteiger partial charge in [-0.15, -0.1) is 0 Å².